The third-order valence-electron chi connectivity index (χ3n) is 3.68. The van der Waals surface area contributed by atoms with E-state index in [9.17, 15) is 9.59 Å². The van der Waals surface area contributed by atoms with E-state index in [4.69, 9.17) is 9.47 Å². The minimum absolute atomic E-state index is 0.379. The molecule has 1 N–H and O–H groups in total. The molecule has 0 fully saturated rings. The van der Waals surface area contributed by atoms with Gasteiger partial charge < -0.3 is 14.8 Å². The van der Waals surface area contributed by atoms with Crippen LogP contribution in [0.25, 0.3) is 6.08 Å². The van der Waals surface area contributed by atoms with Gasteiger partial charge in [0.1, 0.15) is 5.75 Å². The number of esters is 1. The summed E-state index contributed by atoms with van der Waals surface area (Å²) in [4.78, 5) is 24.2. The van der Waals surface area contributed by atoms with Gasteiger partial charge in [-0.2, -0.15) is 0 Å². The Kier molecular flexibility index (Phi) is 6.97. The fraction of sp³-hybridized carbons (Fsp3) is 0.238. The molecule has 0 radical (unpaired) electrons. The zero-order valence-corrected chi connectivity index (χ0v) is 15.2. The Morgan fingerprint density at radius 3 is 2.54 bits per heavy atom. The van der Waals surface area contributed by atoms with E-state index in [1.807, 2.05) is 56.3 Å². The molecule has 0 aliphatic heterocycles. The zero-order valence-electron chi connectivity index (χ0n) is 15.2. The van der Waals surface area contributed by atoms with Crippen LogP contribution in [0.4, 0.5) is 5.69 Å². The van der Waals surface area contributed by atoms with Crippen LogP contribution in [-0.4, -0.2) is 24.6 Å². The monoisotopic (exact) mass is 353 g/mol. The van der Waals surface area contributed by atoms with Crippen molar-refractivity contribution in [3.63, 3.8) is 0 Å². The Hall–Kier alpha value is -3.08. The second kappa shape index (κ2) is 9.42. The van der Waals surface area contributed by atoms with Crippen LogP contribution in [0.1, 0.15) is 25.0 Å². The van der Waals surface area contributed by atoms with Crippen LogP contribution in [0.5, 0.6) is 5.75 Å². The number of para-hydroxylation sites is 2. The first kappa shape index (κ1) is 19.2. The number of nitrogens with one attached hydrogen (secondary N) is 1. The van der Waals surface area contributed by atoms with E-state index in [1.165, 1.54) is 13.0 Å². The van der Waals surface area contributed by atoms with Crippen LogP contribution < -0.4 is 10.1 Å². The summed E-state index contributed by atoms with van der Waals surface area (Å²) in [7, 11) is 0. The number of ether oxygens (including phenoxy) is 2. The van der Waals surface area contributed by atoms with Crippen LogP contribution in [0.2, 0.25) is 0 Å². The molecule has 2 rings (SSSR count). The number of rotatable bonds is 7. The average molecular weight is 353 g/mol. The topological polar surface area (TPSA) is 64.6 Å². The van der Waals surface area contributed by atoms with E-state index >= 15 is 0 Å². The van der Waals surface area contributed by atoms with Gasteiger partial charge in [-0.1, -0.05) is 36.4 Å². The molecule has 0 aliphatic rings. The van der Waals surface area contributed by atoms with Crippen LogP contribution in [0.15, 0.2) is 54.6 Å². The van der Waals surface area contributed by atoms with Crippen molar-refractivity contribution in [3.8, 4) is 5.75 Å². The number of hydrogen-bond acceptors (Lipinski definition) is 4. The largest absolute Gasteiger partial charge is 0.493 e. The summed E-state index contributed by atoms with van der Waals surface area (Å²) in [5, 5.41) is 2.75. The van der Waals surface area contributed by atoms with Gasteiger partial charge in [-0.25, -0.2) is 4.79 Å². The molecule has 1 unspecified atom stereocenters. The summed E-state index contributed by atoms with van der Waals surface area (Å²) < 4.78 is 10.7. The van der Waals surface area contributed by atoms with Crippen molar-refractivity contribution >= 4 is 23.6 Å². The maximum absolute atomic E-state index is 12.2. The molecule has 1 atom stereocenters. The van der Waals surface area contributed by atoms with E-state index in [-0.39, 0.29) is 5.91 Å². The normalized spacial score (nSPS) is 11.8. The second-order valence-electron chi connectivity index (χ2n) is 5.69. The number of benzene rings is 2. The average Bonchev–Trinajstić information content (AvgIpc) is 2.63. The van der Waals surface area contributed by atoms with Gasteiger partial charge in [0.2, 0.25) is 0 Å². The van der Waals surface area contributed by atoms with Gasteiger partial charge in [-0.15, -0.1) is 0 Å². The molecule has 0 bridgehead atoms. The number of carbonyl (C=O) groups is 2. The lowest BCUT2D eigenvalue weighted by atomic mass is 10.2. The molecule has 0 heterocycles. The molecular formula is C21H23NO4. The summed E-state index contributed by atoms with van der Waals surface area (Å²) in [6.45, 7) is 5.85. The fourth-order valence-corrected chi connectivity index (χ4v) is 2.28. The van der Waals surface area contributed by atoms with Crippen molar-refractivity contribution in [1.82, 2.24) is 0 Å². The Balaban J connectivity index is 1.94. The SMILES string of the molecule is CCOc1ccccc1/C=C/C(=O)OC(C)C(=O)Nc1ccccc1C. The highest BCUT2D eigenvalue weighted by Crippen LogP contribution is 2.19. The number of hydrogen-bond donors (Lipinski definition) is 1. The van der Waals surface area contributed by atoms with E-state index in [0.29, 0.717) is 18.0 Å². The molecule has 1 amide bonds. The lowest BCUT2D eigenvalue weighted by Gasteiger charge is -2.13. The summed E-state index contributed by atoms with van der Waals surface area (Å²) >= 11 is 0. The van der Waals surface area contributed by atoms with Gasteiger partial charge in [-0.3, -0.25) is 4.79 Å². The Labute approximate surface area is 153 Å². The first-order valence-corrected chi connectivity index (χ1v) is 8.48. The molecule has 2 aromatic rings. The summed E-state index contributed by atoms with van der Waals surface area (Å²) in [6.07, 6.45) is 1.99. The molecule has 5 heteroatoms. The minimum atomic E-state index is -0.908. The maximum atomic E-state index is 12.2. The molecule has 0 saturated carbocycles. The highest BCUT2D eigenvalue weighted by molar-refractivity contribution is 5.97. The predicted octanol–water partition coefficient (Wildman–Crippen LogP) is 3.98. The van der Waals surface area contributed by atoms with Crippen LogP contribution in [0.3, 0.4) is 0 Å². The predicted molar refractivity (Wildman–Crippen MR) is 102 cm³/mol. The van der Waals surface area contributed by atoms with Crippen molar-refractivity contribution in [2.75, 3.05) is 11.9 Å². The highest BCUT2D eigenvalue weighted by Gasteiger charge is 2.17. The van der Waals surface area contributed by atoms with E-state index < -0.39 is 12.1 Å². The third kappa shape index (κ3) is 5.48. The number of aryl methyl sites for hydroxylation is 1. The molecule has 26 heavy (non-hydrogen) atoms. The highest BCUT2D eigenvalue weighted by atomic mass is 16.5. The molecular weight excluding hydrogens is 330 g/mol. The molecule has 0 aliphatic carbocycles. The van der Waals surface area contributed by atoms with Crippen LogP contribution in [0, 0.1) is 6.92 Å². The number of anilines is 1. The van der Waals surface area contributed by atoms with Gasteiger partial charge in [0, 0.05) is 17.3 Å². The van der Waals surface area contributed by atoms with E-state index in [0.717, 1.165) is 11.1 Å². The lowest BCUT2D eigenvalue weighted by Crippen LogP contribution is -2.29. The van der Waals surface area contributed by atoms with Crippen LogP contribution in [-0.2, 0) is 14.3 Å². The minimum Gasteiger partial charge on any atom is -0.493 e. The molecule has 0 saturated heterocycles. The Bertz CT molecular complexity index is 798. The van der Waals surface area contributed by atoms with Crippen molar-refractivity contribution in [2.24, 2.45) is 0 Å². The second-order valence-corrected chi connectivity index (χ2v) is 5.69. The lowest BCUT2D eigenvalue weighted by molar-refractivity contribution is -0.148. The summed E-state index contributed by atoms with van der Waals surface area (Å²) in [5.74, 6) is -0.288. The molecule has 0 spiro atoms. The van der Waals surface area contributed by atoms with Gasteiger partial charge in [0.05, 0.1) is 6.61 Å². The van der Waals surface area contributed by atoms with Crippen molar-refractivity contribution < 1.29 is 19.1 Å². The van der Waals surface area contributed by atoms with Gasteiger partial charge in [0.25, 0.3) is 5.91 Å². The van der Waals surface area contributed by atoms with E-state index in [1.54, 1.807) is 12.1 Å². The van der Waals surface area contributed by atoms with Crippen molar-refractivity contribution in [2.45, 2.75) is 26.9 Å². The van der Waals surface area contributed by atoms with E-state index in [2.05, 4.69) is 5.32 Å². The smallest absolute Gasteiger partial charge is 0.331 e. The quantitative estimate of drug-likeness (QED) is 0.604. The van der Waals surface area contributed by atoms with Crippen molar-refractivity contribution in [1.29, 1.82) is 0 Å². The number of amides is 1. The maximum Gasteiger partial charge on any atom is 0.331 e. The number of carbonyl (C=O) groups excluding carboxylic acids is 2. The first-order chi connectivity index (χ1) is 12.5. The molecule has 136 valence electrons. The fourth-order valence-electron chi connectivity index (χ4n) is 2.28. The standard InChI is InChI=1S/C21H23NO4/c1-4-25-19-12-8-6-10-17(19)13-14-20(23)26-16(3)21(24)22-18-11-7-5-9-15(18)2/h5-14,16H,4H2,1-3H3,(H,22,24)/b14-13+. The van der Waals surface area contributed by atoms with Gasteiger partial charge in [-0.05, 0) is 44.5 Å². The molecule has 5 nitrogen and oxygen atoms in total. The molecule has 2 aromatic carbocycles. The van der Waals surface area contributed by atoms with Gasteiger partial charge in [0.15, 0.2) is 6.10 Å². The van der Waals surface area contributed by atoms with Crippen LogP contribution >= 0.6 is 0 Å². The summed E-state index contributed by atoms with van der Waals surface area (Å²) in [6, 6.07) is 14.8. The Morgan fingerprint density at radius 1 is 1.12 bits per heavy atom. The zero-order chi connectivity index (χ0) is 18.9. The summed E-state index contributed by atoms with van der Waals surface area (Å²) in [5.41, 5.74) is 2.40. The third-order valence-corrected chi connectivity index (χ3v) is 3.68. The van der Waals surface area contributed by atoms with Crippen molar-refractivity contribution in [3.05, 3.63) is 65.7 Å². The van der Waals surface area contributed by atoms with Gasteiger partial charge >= 0.3 is 5.97 Å². The molecule has 0 aromatic heterocycles. The first-order valence-electron chi connectivity index (χ1n) is 8.48. The Morgan fingerprint density at radius 2 is 1.81 bits per heavy atom.